The van der Waals surface area contributed by atoms with Crippen molar-refractivity contribution in [3.63, 3.8) is 0 Å². The van der Waals surface area contributed by atoms with Crippen LogP contribution in [-0.4, -0.2) is 11.4 Å². The van der Waals surface area contributed by atoms with Crippen molar-refractivity contribution in [3.8, 4) is 0 Å². The highest BCUT2D eigenvalue weighted by Gasteiger charge is 2.38. The van der Waals surface area contributed by atoms with Gasteiger partial charge in [-0.15, -0.1) is 0 Å². The molecule has 0 amide bonds. The van der Waals surface area contributed by atoms with Crippen LogP contribution in [0.25, 0.3) is 0 Å². The van der Waals surface area contributed by atoms with Gasteiger partial charge in [0.25, 0.3) is 6.57 Å². The molecule has 2 rings (SSSR count). The summed E-state index contributed by atoms with van der Waals surface area (Å²) >= 11 is 1.50. The Morgan fingerprint density at radius 1 is 1.13 bits per heavy atom. The molecule has 0 aliphatic heterocycles. The van der Waals surface area contributed by atoms with E-state index in [0.29, 0.717) is 17.8 Å². The standard InChI is InChI=1S/C19H31O2PS/c1-14(2)18-12-11-16(5)13-19(18)21-22(20,23-15(3)4)17-9-7-6-8-10-17/h6-10,14-16,18-19H,11-13H2,1-5H3/t16-,18+,19-,22?/m1/s1. The molecule has 23 heavy (non-hydrogen) atoms. The van der Waals surface area contributed by atoms with E-state index in [-0.39, 0.29) is 11.4 Å². The van der Waals surface area contributed by atoms with Gasteiger partial charge in [0.05, 0.1) is 6.10 Å². The van der Waals surface area contributed by atoms with Gasteiger partial charge in [-0.05, 0) is 42.7 Å². The Kier molecular flexibility index (Phi) is 6.83. The van der Waals surface area contributed by atoms with Crippen LogP contribution in [0.2, 0.25) is 0 Å². The Balaban J connectivity index is 2.27. The molecule has 0 spiro atoms. The third-order valence-electron chi connectivity index (χ3n) is 4.66. The van der Waals surface area contributed by atoms with Crippen molar-refractivity contribution in [3.05, 3.63) is 30.3 Å². The topological polar surface area (TPSA) is 26.3 Å². The Morgan fingerprint density at radius 3 is 2.35 bits per heavy atom. The minimum atomic E-state index is -2.88. The van der Waals surface area contributed by atoms with E-state index in [1.807, 2.05) is 30.3 Å². The maximum atomic E-state index is 13.7. The van der Waals surface area contributed by atoms with Crippen molar-refractivity contribution in [2.75, 3.05) is 0 Å². The molecule has 1 unspecified atom stereocenters. The molecule has 1 aromatic carbocycles. The number of hydrogen-bond donors (Lipinski definition) is 0. The summed E-state index contributed by atoms with van der Waals surface area (Å²) in [6, 6.07) is 9.78. The summed E-state index contributed by atoms with van der Waals surface area (Å²) in [7, 11) is 0. The molecule has 1 aromatic rings. The Labute approximate surface area is 146 Å². The van der Waals surface area contributed by atoms with Gasteiger partial charge in [0, 0.05) is 10.6 Å². The smallest absolute Gasteiger partial charge is 0.287 e. The highest BCUT2D eigenvalue weighted by molar-refractivity contribution is 8.59. The lowest BCUT2D eigenvalue weighted by molar-refractivity contribution is 0.0526. The van der Waals surface area contributed by atoms with Crippen molar-refractivity contribution in [2.45, 2.75) is 65.2 Å². The Bertz CT molecular complexity index is 529. The maximum Gasteiger partial charge on any atom is 0.287 e. The van der Waals surface area contributed by atoms with E-state index in [0.717, 1.165) is 11.7 Å². The molecular weight excluding hydrogens is 323 g/mol. The average molecular weight is 354 g/mol. The van der Waals surface area contributed by atoms with Gasteiger partial charge in [-0.3, -0.25) is 4.57 Å². The van der Waals surface area contributed by atoms with Crippen LogP contribution < -0.4 is 5.30 Å². The summed E-state index contributed by atoms with van der Waals surface area (Å²) in [5, 5.41) is 1.12. The average Bonchev–Trinajstić information content (AvgIpc) is 2.47. The highest BCUT2D eigenvalue weighted by atomic mass is 32.7. The van der Waals surface area contributed by atoms with E-state index < -0.39 is 6.57 Å². The van der Waals surface area contributed by atoms with Crippen LogP contribution in [-0.2, 0) is 9.09 Å². The lowest BCUT2D eigenvalue weighted by Gasteiger charge is -2.39. The van der Waals surface area contributed by atoms with Crippen molar-refractivity contribution in [1.29, 1.82) is 0 Å². The molecule has 4 atom stereocenters. The summed E-state index contributed by atoms with van der Waals surface area (Å²) < 4.78 is 20.1. The van der Waals surface area contributed by atoms with Gasteiger partial charge in [-0.1, -0.05) is 70.6 Å². The fourth-order valence-electron chi connectivity index (χ4n) is 3.45. The monoisotopic (exact) mass is 354 g/mol. The van der Waals surface area contributed by atoms with Gasteiger partial charge in [0.15, 0.2) is 0 Å². The molecule has 1 aliphatic rings. The summed E-state index contributed by atoms with van der Waals surface area (Å²) in [6.07, 6.45) is 3.58. The van der Waals surface area contributed by atoms with Gasteiger partial charge in [-0.2, -0.15) is 0 Å². The molecule has 130 valence electrons. The van der Waals surface area contributed by atoms with Crippen molar-refractivity contribution in [1.82, 2.24) is 0 Å². The lowest BCUT2D eigenvalue weighted by Crippen LogP contribution is -2.34. The van der Waals surface area contributed by atoms with Crippen molar-refractivity contribution < 1.29 is 9.09 Å². The summed E-state index contributed by atoms with van der Waals surface area (Å²) in [6.45, 7) is 8.11. The molecule has 0 N–H and O–H groups in total. The molecule has 0 saturated heterocycles. The largest absolute Gasteiger partial charge is 0.314 e. The quantitative estimate of drug-likeness (QED) is 0.575. The Morgan fingerprint density at radius 2 is 1.78 bits per heavy atom. The van der Waals surface area contributed by atoms with Crippen molar-refractivity contribution in [2.24, 2.45) is 17.8 Å². The van der Waals surface area contributed by atoms with Crippen LogP contribution in [0.5, 0.6) is 0 Å². The fraction of sp³-hybridized carbons (Fsp3) is 0.684. The van der Waals surface area contributed by atoms with Crippen molar-refractivity contribution >= 4 is 23.3 Å². The number of benzene rings is 1. The normalized spacial score (nSPS) is 28.0. The zero-order chi connectivity index (χ0) is 17.0. The highest BCUT2D eigenvalue weighted by Crippen LogP contribution is 2.62. The Hall–Kier alpha value is -0.240. The third kappa shape index (κ3) is 5.11. The number of rotatable bonds is 6. The first-order chi connectivity index (χ1) is 10.8. The van der Waals surface area contributed by atoms with E-state index in [2.05, 4.69) is 34.6 Å². The molecule has 4 heteroatoms. The van der Waals surface area contributed by atoms with Gasteiger partial charge in [0.1, 0.15) is 0 Å². The third-order valence-corrected chi connectivity index (χ3v) is 9.82. The first kappa shape index (κ1) is 19.1. The maximum absolute atomic E-state index is 13.7. The first-order valence-electron chi connectivity index (χ1n) is 8.84. The second kappa shape index (κ2) is 8.23. The summed E-state index contributed by atoms with van der Waals surface area (Å²) in [5.74, 6) is 1.74. The summed E-state index contributed by atoms with van der Waals surface area (Å²) in [5.41, 5.74) is 0. The van der Waals surface area contributed by atoms with E-state index in [4.69, 9.17) is 4.52 Å². The first-order valence-corrected chi connectivity index (χ1v) is 11.9. The fourth-order valence-corrected chi connectivity index (χ4v) is 8.31. The van der Waals surface area contributed by atoms with E-state index in [1.165, 1.54) is 24.2 Å². The molecule has 2 nitrogen and oxygen atoms in total. The van der Waals surface area contributed by atoms with Gasteiger partial charge in [0.2, 0.25) is 0 Å². The summed E-state index contributed by atoms with van der Waals surface area (Å²) in [4.78, 5) is 0. The minimum Gasteiger partial charge on any atom is -0.314 e. The molecule has 1 aliphatic carbocycles. The van der Waals surface area contributed by atoms with Crippen LogP contribution in [0.4, 0.5) is 0 Å². The molecule has 0 heterocycles. The molecular formula is C19H31O2PS. The predicted molar refractivity (Wildman–Crippen MR) is 103 cm³/mol. The lowest BCUT2D eigenvalue weighted by atomic mass is 9.75. The van der Waals surface area contributed by atoms with Crippen LogP contribution in [0.1, 0.15) is 53.9 Å². The van der Waals surface area contributed by atoms with Gasteiger partial charge in [-0.25, -0.2) is 0 Å². The second-order valence-corrected chi connectivity index (χ2v) is 12.4. The van der Waals surface area contributed by atoms with E-state index >= 15 is 0 Å². The zero-order valence-corrected chi connectivity index (χ0v) is 16.8. The second-order valence-electron chi connectivity index (χ2n) is 7.46. The molecule has 1 fully saturated rings. The number of hydrogen-bond acceptors (Lipinski definition) is 3. The van der Waals surface area contributed by atoms with E-state index in [1.54, 1.807) is 0 Å². The van der Waals surface area contributed by atoms with E-state index in [9.17, 15) is 4.57 Å². The molecule has 1 saturated carbocycles. The van der Waals surface area contributed by atoms with Crippen LogP contribution in [0.15, 0.2) is 30.3 Å². The predicted octanol–water partition coefficient (Wildman–Crippen LogP) is 6.12. The van der Waals surface area contributed by atoms with Crippen LogP contribution in [0, 0.1) is 17.8 Å². The zero-order valence-electron chi connectivity index (χ0n) is 15.1. The van der Waals surface area contributed by atoms with Gasteiger partial charge < -0.3 is 4.52 Å². The van der Waals surface area contributed by atoms with Crippen LogP contribution in [0.3, 0.4) is 0 Å². The SMILES string of the molecule is CC(C)SP(=O)(O[C@@H]1C[C@H](C)CC[C@H]1C(C)C)c1ccccc1. The van der Waals surface area contributed by atoms with Gasteiger partial charge >= 0.3 is 0 Å². The minimum absolute atomic E-state index is 0.107. The van der Waals surface area contributed by atoms with Crippen LogP contribution >= 0.6 is 18.0 Å². The molecule has 0 aromatic heterocycles. The molecule has 0 radical (unpaired) electrons. The molecule has 0 bridgehead atoms.